The molecule has 3 aromatic rings. The van der Waals surface area contributed by atoms with E-state index in [4.69, 9.17) is 15.2 Å². The minimum absolute atomic E-state index is 0.188. The van der Waals surface area contributed by atoms with Crippen LogP contribution in [0.5, 0.6) is 5.75 Å². The highest BCUT2D eigenvalue weighted by Crippen LogP contribution is 2.33. The van der Waals surface area contributed by atoms with Gasteiger partial charge in [-0.15, -0.1) is 11.3 Å². The first-order valence-electron chi connectivity index (χ1n) is 8.34. The molecule has 2 aromatic carbocycles. The molecule has 0 spiro atoms. The molecular weight excluding hydrogens is 333 g/mol. The Morgan fingerprint density at radius 1 is 1.32 bits per heavy atom. The molecule has 0 atom stereocenters. The predicted molar refractivity (Wildman–Crippen MR) is 101 cm³/mol. The van der Waals surface area contributed by atoms with E-state index in [2.05, 4.69) is 28.2 Å². The predicted octanol–water partition coefficient (Wildman–Crippen LogP) is 4.36. The zero-order valence-corrected chi connectivity index (χ0v) is 14.4. The fourth-order valence-corrected chi connectivity index (χ4v) is 4.36. The van der Waals surface area contributed by atoms with Crippen LogP contribution in [0.25, 0.3) is 21.0 Å². The van der Waals surface area contributed by atoms with Crippen LogP contribution in [0.15, 0.2) is 35.5 Å². The van der Waals surface area contributed by atoms with Crippen molar-refractivity contribution in [2.75, 3.05) is 0 Å². The lowest BCUT2D eigenvalue weighted by Crippen LogP contribution is -2.27. The Morgan fingerprint density at radius 3 is 2.92 bits per heavy atom. The molecule has 1 fully saturated rings. The summed E-state index contributed by atoms with van der Waals surface area (Å²) >= 11 is 1.50. The molecular formula is C18H16BN3O2S. The topological polar surface area (TPSA) is 78.5 Å². The van der Waals surface area contributed by atoms with Crippen molar-refractivity contribution >= 4 is 45.3 Å². The second kappa shape index (κ2) is 6.73. The maximum Gasteiger partial charge on any atom is 0.268 e. The van der Waals surface area contributed by atoms with Gasteiger partial charge < -0.3 is 9.94 Å². The smallest absolute Gasteiger partial charge is 0.268 e. The third-order valence-electron chi connectivity index (χ3n) is 4.69. The monoisotopic (exact) mass is 349 g/mol. The van der Waals surface area contributed by atoms with Gasteiger partial charge in [0.15, 0.2) is 0 Å². The number of rotatable bonds is 3. The van der Waals surface area contributed by atoms with E-state index in [9.17, 15) is 0 Å². The summed E-state index contributed by atoms with van der Waals surface area (Å²) in [7, 11) is 0. The SMILES string of the molecule is N#CB1CCC(Oc2ccc3c(ccc4nc(/C=N/O)sc43)c2)CC1. The van der Waals surface area contributed by atoms with E-state index in [1.807, 2.05) is 18.2 Å². The van der Waals surface area contributed by atoms with Gasteiger partial charge in [-0.05, 0) is 42.5 Å². The first kappa shape index (κ1) is 15.9. The van der Waals surface area contributed by atoms with Gasteiger partial charge in [0.05, 0.1) is 16.3 Å². The van der Waals surface area contributed by atoms with Crippen molar-refractivity contribution in [2.24, 2.45) is 5.16 Å². The van der Waals surface area contributed by atoms with Gasteiger partial charge in [-0.1, -0.05) is 23.9 Å². The van der Waals surface area contributed by atoms with Gasteiger partial charge in [0, 0.05) is 11.4 Å². The van der Waals surface area contributed by atoms with Gasteiger partial charge in [-0.2, -0.15) is 0 Å². The van der Waals surface area contributed by atoms with Gasteiger partial charge in [0.2, 0.25) is 0 Å². The second-order valence-electron chi connectivity index (χ2n) is 6.31. The summed E-state index contributed by atoms with van der Waals surface area (Å²) in [5.41, 5.74) is 0.899. The van der Waals surface area contributed by atoms with E-state index in [0.717, 1.165) is 52.2 Å². The van der Waals surface area contributed by atoms with Crippen LogP contribution in [0.4, 0.5) is 0 Å². The third-order valence-corrected chi connectivity index (χ3v) is 5.73. The number of hydrogen-bond donors (Lipinski definition) is 1. The molecule has 124 valence electrons. The minimum atomic E-state index is 0.188. The van der Waals surface area contributed by atoms with Crippen molar-refractivity contribution in [3.05, 3.63) is 35.3 Å². The highest BCUT2D eigenvalue weighted by molar-refractivity contribution is 7.21. The van der Waals surface area contributed by atoms with E-state index < -0.39 is 0 Å². The van der Waals surface area contributed by atoms with Gasteiger partial charge in [-0.25, -0.2) is 10.2 Å². The lowest BCUT2D eigenvalue weighted by Gasteiger charge is -2.24. The third kappa shape index (κ3) is 3.18. The zero-order valence-electron chi connectivity index (χ0n) is 13.6. The molecule has 0 amide bonds. The van der Waals surface area contributed by atoms with E-state index in [1.54, 1.807) is 0 Å². The number of aromatic nitrogens is 1. The van der Waals surface area contributed by atoms with Crippen LogP contribution in [0, 0.1) is 11.2 Å². The lowest BCUT2D eigenvalue weighted by atomic mass is 9.42. The van der Waals surface area contributed by atoms with Crippen LogP contribution < -0.4 is 4.74 Å². The molecule has 4 rings (SSSR count). The number of oxime groups is 1. The van der Waals surface area contributed by atoms with Crippen LogP contribution in [0.3, 0.4) is 0 Å². The van der Waals surface area contributed by atoms with Gasteiger partial charge in [0.25, 0.3) is 6.71 Å². The van der Waals surface area contributed by atoms with Crippen LogP contribution in [-0.2, 0) is 0 Å². The van der Waals surface area contributed by atoms with Crippen LogP contribution in [-0.4, -0.2) is 29.2 Å². The summed E-state index contributed by atoms with van der Waals surface area (Å²) in [6, 6.07) is 10.1. The molecule has 2 heterocycles. The summed E-state index contributed by atoms with van der Waals surface area (Å²) in [6.45, 7) is 0.188. The van der Waals surface area contributed by atoms with Gasteiger partial charge in [-0.3, -0.25) is 0 Å². The summed E-state index contributed by atoms with van der Waals surface area (Å²) in [5, 5.41) is 23.6. The maximum absolute atomic E-state index is 8.99. The van der Waals surface area contributed by atoms with E-state index in [0.29, 0.717) is 5.01 Å². The summed E-state index contributed by atoms with van der Waals surface area (Å²) in [6.07, 6.45) is 5.27. The molecule has 1 aliphatic rings. The Balaban J connectivity index is 1.60. The van der Waals surface area contributed by atoms with E-state index >= 15 is 0 Å². The number of thiazole rings is 1. The van der Waals surface area contributed by atoms with Crippen LogP contribution in [0.2, 0.25) is 12.6 Å². The molecule has 25 heavy (non-hydrogen) atoms. The summed E-state index contributed by atoms with van der Waals surface area (Å²) in [5.74, 6) is 3.22. The zero-order chi connectivity index (χ0) is 17.2. The maximum atomic E-state index is 8.99. The molecule has 1 N–H and O–H groups in total. The highest BCUT2D eigenvalue weighted by Gasteiger charge is 2.25. The Bertz CT molecular complexity index is 987. The number of nitrogens with zero attached hydrogens (tertiary/aromatic N) is 3. The number of benzene rings is 2. The first-order chi connectivity index (χ1) is 12.3. The lowest BCUT2D eigenvalue weighted by molar-refractivity contribution is 0.188. The molecule has 5 nitrogen and oxygen atoms in total. The molecule has 7 heteroatoms. The molecule has 1 aliphatic heterocycles. The number of ether oxygens (including phenoxy) is 1. The van der Waals surface area contributed by atoms with Gasteiger partial charge in [0.1, 0.15) is 17.0 Å². The molecule has 0 radical (unpaired) electrons. The normalized spacial score (nSPS) is 15.9. The van der Waals surface area contributed by atoms with Crippen LogP contribution in [0.1, 0.15) is 17.8 Å². The first-order valence-corrected chi connectivity index (χ1v) is 9.15. The Kier molecular flexibility index (Phi) is 4.28. The highest BCUT2D eigenvalue weighted by atomic mass is 32.1. The second-order valence-corrected chi connectivity index (χ2v) is 7.34. The van der Waals surface area contributed by atoms with Crippen molar-refractivity contribution in [3.8, 4) is 11.7 Å². The number of fused-ring (bicyclic) bond motifs is 3. The van der Waals surface area contributed by atoms with E-state index in [-0.39, 0.29) is 12.8 Å². The van der Waals surface area contributed by atoms with Crippen LogP contribution >= 0.6 is 11.3 Å². The van der Waals surface area contributed by atoms with Crippen molar-refractivity contribution in [1.82, 2.24) is 4.98 Å². The summed E-state index contributed by atoms with van der Waals surface area (Å²) in [4.78, 5) is 4.44. The van der Waals surface area contributed by atoms with Crippen molar-refractivity contribution in [1.29, 1.82) is 5.26 Å². The molecule has 0 saturated carbocycles. The minimum Gasteiger partial charge on any atom is -0.490 e. The molecule has 0 bridgehead atoms. The largest absolute Gasteiger partial charge is 0.490 e. The quantitative estimate of drug-likeness (QED) is 0.330. The number of nitriles is 1. The van der Waals surface area contributed by atoms with Crippen molar-refractivity contribution in [2.45, 2.75) is 31.6 Å². The Morgan fingerprint density at radius 2 is 2.16 bits per heavy atom. The van der Waals surface area contributed by atoms with Gasteiger partial charge >= 0.3 is 0 Å². The average Bonchev–Trinajstić information content (AvgIpc) is 3.05. The molecule has 1 aromatic heterocycles. The molecule has 0 aliphatic carbocycles. The fourth-order valence-electron chi connectivity index (χ4n) is 3.39. The average molecular weight is 349 g/mol. The number of hydrogen-bond acceptors (Lipinski definition) is 6. The Labute approximate surface area is 149 Å². The van der Waals surface area contributed by atoms with Crippen molar-refractivity contribution < 1.29 is 9.94 Å². The van der Waals surface area contributed by atoms with E-state index in [1.165, 1.54) is 17.6 Å². The van der Waals surface area contributed by atoms with Crippen molar-refractivity contribution in [3.63, 3.8) is 0 Å². The standard InChI is InChI=1S/C18H16BN3O2S/c20-11-19-7-5-13(6-8-19)24-14-2-3-15-12(9-14)1-4-16-18(15)25-17(22-16)10-21-23/h1-4,9-10,13,23H,5-8H2/b21-10+. The Hall–Kier alpha value is -2.59. The molecule has 0 unspecified atom stereocenters. The summed E-state index contributed by atoms with van der Waals surface area (Å²) < 4.78 is 7.21. The fraction of sp³-hybridized carbons (Fsp3) is 0.278. The molecule has 1 saturated heterocycles.